The van der Waals surface area contributed by atoms with Crippen molar-refractivity contribution < 1.29 is 19.1 Å². The van der Waals surface area contributed by atoms with Gasteiger partial charge in [0.2, 0.25) is 11.7 Å². The molecule has 10 nitrogen and oxygen atoms in total. The molecule has 2 aliphatic rings. The smallest absolute Gasteiger partial charge is 0.360 e. The molecule has 5 rings (SSSR count). The first kappa shape index (κ1) is 25.7. The number of pyridine rings is 1. The zero-order valence-electron chi connectivity index (χ0n) is 21.9. The van der Waals surface area contributed by atoms with Gasteiger partial charge in [-0.2, -0.15) is 0 Å². The second kappa shape index (κ2) is 11.2. The number of esters is 1. The van der Waals surface area contributed by atoms with Crippen molar-refractivity contribution in [1.82, 2.24) is 14.3 Å². The molecule has 0 radical (unpaired) electrons. The summed E-state index contributed by atoms with van der Waals surface area (Å²) in [6.07, 6.45) is 5.02. The van der Waals surface area contributed by atoms with Crippen molar-refractivity contribution in [2.24, 2.45) is 0 Å². The minimum absolute atomic E-state index is 0.0749. The standard InChI is InChI=1S/C28H33N5O5/c1-3-30-14-15-32(23(34)18-30)22-16-21(31-12-8-5-9-13-31)17-33-26(22)29-24(28(36)37-2)25(27(33)35)38-19-20-10-6-4-7-11-20/h4,6-7,10-11,16-17H,3,5,8-9,12-15,18-19H2,1-2H3. The number of carbonyl (C=O) groups is 2. The Morgan fingerprint density at radius 3 is 2.47 bits per heavy atom. The average molecular weight is 520 g/mol. The molecule has 4 heterocycles. The number of benzene rings is 1. The van der Waals surface area contributed by atoms with Gasteiger partial charge in [-0.1, -0.05) is 37.3 Å². The van der Waals surface area contributed by atoms with Crippen LogP contribution >= 0.6 is 0 Å². The Bertz CT molecular complexity index is 1380. The number of methoxy groups -OCH3 is 1. The van der Waals surface area contributed by atoms with Crippen LogP contribution < -0.4 is 20.1 Å². The van der Waals surface area contributed by atoms with E-state index in [2.05, 4.69) is 14.8 Å². The summed E-state index contributed by atoms with van der Waals surface area (Å²) in [5.41, 5.74) is 1.68. The number of ether oxygens (including phenoxy) is 2. The lowest BCUT2D eigenvalue weighted by atomic mass is 10.1. The van der Waals surface area contributed by atoms with Gasteiger partial charge in [-0.15, -0.1) is 0 Å². The van der Waals surface area contributed by atoms with Gasteiger partial charge in [0.05, 0.1) is 25.0 Å². The molecule has 200 valence electrons. The van der Waals surface area contributed by atoms with Gasteiger partial charge in [0.15, 0.2) is 11.3 Å². The van der Waals surface area contributed by atoms with Crippen LogP contribution in [-0.2, 0) is 16.1 Å². The summed E-state index contributed by atoms with van der Waals surface area (Å²) in [5, 5.41) is 0. The van der Waals surface area contributed by atoms with Crippen LogP contribution in [0.4, 0.5) is 11.4 Å². The minimum Gasteiger partial charge on any atom is -0.481 e. The number of piperazine rings is 1. The number of rotatable bonds is 7. The van der Waals surface area contributed by atoms with Gasteiger partial charge in [0.25, 0.3) is 0 Å². The van der Waals surface area contributed by atoms with E-state index in [1.165, 1.54) is 11.5 Å². The molecule has 0 atom stereocenters. The van der Waals surface area contributed by atoms with Crippen LogP contribution in [0.2, 0.25) is 0 Å². The summed E-state index contributed by atoms with van der Waals surface area (Å²) < 4.78 is 12.3. The molecule has 0 N–H and O–H groups in total. The molecule has 0 saturated carbocycles. The third-order valence-electron chi connectivity index (χ3n) is 7.21. The maximum atomic E-state index is 13.9. The summed E-state index contributed by atoms with van der Waals surface area (Å²) in [4.78, 5) is 50.5. The predicted octanol–water partition coefficient (Wildman–Crippen LogP) is 2.72. The fraction of sp³-hybridized carbons (Fsp3) is 0.429. The molecule has 2 saturated heterocycles. The summed E-state index contributed by atoms with van der Waals surface area (Å²) >= 11 is 0. The first-order valence-electron chi connectivity index (χ1n) is 13.1. The summed E-state index contributed by atoms with van der Waals surface area (Å²) in [6, 6.07) is 11.3. The number of amides is 1. The van der Waals surface area contributed by atoms with E-state index in [0.717, 1.165) is 50.1 Å². The van der Waals surface area contributed by atoms with E-state index in [1.54, 1.807) is 11.1 Å². The fourth-order valence-corrected chi connectivity index (χ4v) is 5.06. The highest BCUT2D eigenvalue weighted by atomic mass is 16.5. The second-order valence-corrected chi connectivity index (χ2v) is 9.60. The number of aromatic nitrogens is 2. The zero-order chi connectivity index (χ0) is 26.6. The van der Waals surface area contributed by atoms with Crippen LogP contribution in [0.5, 0.6) is 5.75 Å². The van der Waals surface area contributed by atoms with Gasteiger partial charge in [-0.3, -0.25) is 18.9 Å². The topological polar surface area (TPSA) is 96.7 Å². The molecule has 1 amide bonds. The van der Waals surface area contributed by atoms with E-state index in [-0.39, 0.29) is 36.1 Å². The quantitative estimate of drug-likeness (QED) is 0.440. The lowest BCUT2D eigenvalue weighted by molar-refractivity contribution is -0.121. The molecular weight excluding hydrogens is 486 g/mol. The van der Waals surface area contributed by atoms with Gasteiger partial charge >= 0.3 is 11.5 Å². The van der Waals surface area contributed by atoms with Crippen LogP contribution in [0.25, 0.3) is 5.65 Å². The molecule has 1 aromatic carbocycles. The Morgan fingerprint density at radius 1 is 1.03 bits per heavy atom. The highest BCUT2D eigenvalue weighted by molar-refractivity contribution is 6.00. The van der Waals surface area contributed by atoms with Crippen molar-refractivity contribution in [2.45, 2.75) is 32.8 Å². The lowest BCUT2D eigenvalue weighted by Gasteiger charge is -2.35. The van der Waals surface area contributed by atoms with E-state index in [9.17, 15) is 14.4 Å². The fourth-order valence-electron chi connectivity index (χ4n) is 5.06. The van der Waals surface area contributed by atoms with Crippen LogP contribution in [-0.4, -0.2) is 72.5 Å². The van der Waals surface area contributed by atoms with E-state index in [4.69, 9.17) is 9.47 Å². The van der Waals surface area contributed by atoms with Crippen molar-refractivity contribution in [3.8, 4) is 5.75 Å². The number of piperidine rings is 1. The van der Waals surface area contributed by atoms with Crippen LogP contribution in [0.3, 0.4) is 0 Å². The van der Waals surface area contributed by atoms with E-state index < -0.39 is 11.5 Å². The molecule has 3 aromatic rings. The average Bonchev–Trinajstić information content (AvgIpc) is 2.96. The molecule has 38 heavy (non-hydrogen) atoms. The molecule has 0 unspecified atom stereocenters. The van der Waals surface area contributed by atoms with Gasteiger partial charge in [0.1, 0.15) is 6.61 Å². The van der Waals surface area contributed by atoms with Crippen molar-refractivity contribution in [3.05, 3.63) is 64.2 Å². The van der Waals surface area contributed by atoms with Gasteiger partial charge in [0, 0.05) is 32.4 Å². The molecule has 0 aliphatic carbocycles. The predicted molar refractivity (Wildman–Crippen MR) is 144 cm³/mol. The monoisotopic (exact) mass is 519 g/mol. The number of nitrogens with zero attached hydrogens (tertiary/aromatic N) is 5. The summed E-state index contributed by atoms with van der Waals surface area (Å²) in [7, 11) is 1.24. The highest BCUT2D eigenvalue weighted by Gasteiger charge is 2.30. The molecule has 2 aliphatic heterocycles. The minimum atomic E-state index is -0.777. The zero-order valence-corrected chi connectivity index (χ0v) is 21.9. The van der Waals surface area contributed by atoms with Crippen LogP contribution in [0.1, 0.15) is 42.2 Å². The lowest BCUT2D eigenvalue weighted by Crippen LogP contribution is -2.50. The third-order valence-corrected chi connectivity index (χ3v) is 7.21. The van der Waals surface area contributed by atoms with Crippen molar-refractivity contribution in [3.63, 3.8) is 0 Å². The Kier molecular flexibility index (Phi) is 7.59. The second-order valence-electron chi connectivity index (χ2n) is 9.60. The Balaban J connectivity index is 1.67. The van der Waals surface area contributed by atoms with Gasteiger partial charge < -0.3 is 19.3 Å². The molecular formula is C28H33N5O5. The van der Waals surface area contributed by atoms with E-state index in [0.29, 0.717) is 18.8 Å². The SMILES string of the molecule is CCN1CCN(c2cc(N3CCCCC3)cn3c(=O)c(OCc4ccccc4)c(C(=O)OC)nc23)C(=O)C1. The van der Waals surface area contributed by atoms with Crippen LogP contribution in [0, 0.1) is 0 Å². The maximum Gasteiger partial charge on any atom is 0.360 e. The molecule has 0 spiro atoms. The van der Waals surface area contributed by atoms with E-state index in [1.807, 2.05) is 43.3 Å². The normalized spacial score (nSPS) is 16.6. The first-order valence-corrected chi connectivity index (χ1v) is 13.1. The number of fused-ring (bicyclic) bond motifs is 1. The van der Waals surface area contributed by atoms with Crippen molar-refractivity contribution in [1.29, 1.82) is 0 Å². The highest BCUT2D eigenvalue weighted by Crippen LogP contribution is 2.30. The summed E-state index contributed by atoms with van der Waals surface area (Å²) in [6.45, 7) is 6.06. The number of hydrogen-bond donors (Lipinski definition) is 0. The van der Waals surface area contributed by atoms with Crippen molar-refractivity contribution in [2.75, 3.05) is 56.2 Å². The van der Waals surface area contributed by atoms with E-state index >= 15 is 0 Å². The number of carbonyl (C=O) groups excluding carboxylic acids is 2. The number of hydrogen-bond acceptors (Lipinski definition) is 8. The molecule has 2 aromatic heterocycles. The molecule has 10 heteroatoms. The Labute approximate surface area is 221 Å². The first-order chi connectivity index (χ1) is 18.5. The Morgan fingerprint density at radius 2 is 1.79 bits per heavy atom. The maximum absolute atomic E-state index is 13.9. The van der Waals surface area contributed by atoms with Crippen LogP contribution in [0.15, 0.2) is 47.4 Å². The molecule has 0 bridgehead atoms. The summed E-state index contributed by atoms with van der Waals surface area (Å²) in [5.74, 6) is -1.03. The molecule has 2 fully saturated rings. The largest absolute Gasteiger partial charge is 0.481 e. The Hall–Kier alpha value is -3.92. The number of likely N-dealkylation sites (N-methyl/N-ethyl adjacent to an activating group) is 1. The van der Waals surface area contributed by atoms with Gasteiger partial charge in [-0.05, 0) is 37.4 Å². The van der Waals surface area contributed by atoms with Gasteiger partial charge in [-0.25, -0.2) is 9.78 Å². The number of anilines is 2. The third kappa shape index (κ3) is 5.08. The van der Waals surface area contributed by atoms with Crippen molar-refractivity contribution >= 4 is 28.9 Å².